The van der Waals surface area contributed by atoms with E-state index in [-0.39, 0.29) is 11.8 Å². The first-order chi connectivity index (χ1) is 14.6. The molecule has 4 rings (SSSR count). The maximum atomic E-state index is 12.8. The zero-order valence-electron chi connectivity index (χ0n) is 17.8. The number of likely N-dealkylation sites (tertiary alicyclic amines) is 1. The van der Waals surface area contributed by atoms with Crippen molar-refractivity contribution in [2.45, 2.75) is 57.4 Å². The van der Waals surface area contributed by atoms with Crippen LogP contribution in [0.15, 0.2) is 36.5 Å². The van der Waals surface area contributed by atoms with Gasteiger partial charge in [0.2, 0.25) is 5.91 Å². The fourth-order valence-corrected chi connectivity index (χ4v) is 4.75. The van der Waals surface area contributed by atoms with Crippen molar-refractivity contribution in [2.24, 2.45) is 13.0 Å². The number of rotatable bonds is 6. The van der Waals surface area contributed by atoms with Crippen LogP contribution in [0.25, 0.3) is 0 Å². The molecule has 2 aromatic rings. The van der Waals surface area contributed by atoms with Crippen LogP contribution in [0.3, 0.4) is 0 Å². The minimum absolute atomic E-state index is 0.0143. The van der Waals surface area contributed by atoms with Crippen molar-refractivity contribution >= 4 is 11.8 Å². The molecular formula is C24H32N4O2. The predicted molar refractivity (Wildman–Crippen MR) is 116 cm³/mol. The summed E-state index contributed by atoms with van der Waals surface area (Å²) in [6.45, 7) is 1.57. The van der Waals surface area contributed by atoms with E-state index >= 15 is 0 Å². The Morgan fingerprint density at radius 3 is 2.47 bits per heavy atom. The molecule has 0 spiro atoms. The van der Waals surface area contributed by atoms with Crippen LogP contribution < -0.4 is 5.32 Å². The lowest BCUT2D eigenvalue weighted by atomic mass is 9.91. The summed E-state index contributed by atoms with van der Waals surface area (Å²) in [5.74, 6) is 0.674. The molecule has 6 nitrogen and oxygen atoms in total. The highest BCUT2D eigenvalue weighted by atomic mass is 16.2. The maximum absolute atomic E-state index is 12.8. The fourth-order valence-electron chi connectivity index (χ4n) is 4.75. The molecule has 0 unspecified atom stereocenters. The Balaban J connectivity index is 1.30. The van der Waals surface area contributed by atoms with E-state index < -0.39 is 0 Å². The average molecular weight is 409 g/mol. The van der Waals surface area contributed by atoms with Crippen molar-refractivity contribution in [1.29, 1.82) is 0 Å². The van der Waals surface area contributed by atoms with Gasteiger partial charge in [0.25, 0.3) is 5.91 Å². The van der Waals surface area contributed by atoms with E-state index in [1.54, 1.807) is 4.68 Å². The van der Waals surface area contributed by atoms with Crippen molar-refractivity contribution < 1.29 is 9.59 Å². The van der Waals surface area contributed by atoms with E-state index in [0.717, 1.165) is 56.5 Å². The molecule has 1 aromatic carbocycles. The molecule has 2 aliphatic rings. The summed E-state index contributed by atoms with van der Waals surface area (Å²) < 4.78 is 1.75. The smallest absolute Gasteiger partial charge is 0.254 e. The second-order valence-electron chi connectivity index (χ2n) is 8.81. The summed E-state index contributed by atoms with van der Waals surface area (Å²) in [6, 6.07) is 10.2. The SMILES string of the molecule is Cn1cc(C(=O)NC2CCCC2)c(CC2CCN(C(=O)Cc3ccccc3)CC2)n1. The molecule has 2 heterocycles. The molecular weight excluding hydrogens is 376 g/mol. The van der Waals surface area contributed by atoms with Crippen LogP contribution in [-0.4, -0.2) is 45.6 Å². The average Bonchev–Trinajstić information content (AvgIpc) is 3.38. The van der Waals surface area contributed by atoms with Crippen molar-refractivity contribution in [3.05, 3.63) is 53.3 Å². The van der Waals surface area contributed by atoms with Gasteiger partial charge >= 0.3 is 0 Å². The Morgan fingerprint density at radius 1 is 1.07 bits per heavy atom. The predicted octanol–water partition coefficient (Wildman–Crippen LogP) is 3.12. The van der Waals surface area contributed by atoms with Crippen molar-refractivity contribution in [1.82, 2.24) is 20.0 Å². The molecule has 2 fully saturated rings. The normalized spacial score (nSPS) is 18.0. The summed E-state index contributed by atoms with van der Waals surface area (Å²) in [7, 11) is 1.88. The van der Waals surface area contributed by atoms with Gasteiger partial charge in [-0.1, -0.05) is 43.2 Å². The minimum Gasteiger partial charge on any atom is -0.349 e. The number of nitrogens with one attached hydrogen (secondary N) is 1. The maximum Gasteiger partial charge on any atom is 0.254 e. The Bertz CT molecular complexity index is 863. The highest BCUT2D eigenvalue weighted by Gasteiger charge is 2.26. The number of carbonyl (C=O) groups excluding carboxylic acids is 2. The van der Waals surface area contributed by atoms with Gasteiger partial charge < -0.3 is 10.2 Å². The third-order valence-corrected chi connectivity index (χ3v) is 6.49. The van der Waals surface area contributed by atoms with Gasteiger partial charge in [-0.25, -0.2) is 0 Å². The number of piperidine rings is 1. The van der Waals surface area contributed by atoms with E-state index in [1.807, 2.05) is 48.5 Å². The third-order valence-electron chi connectivity index (χ3n) is 6.49. The van der Waals surface area contributed by atoms with Gasteiger partial charge in [0.1, 0.15) is 0 Å². The molecule has 2 amide bonds. The number of aryl methyl sites for hydroxylation is 1. The van der Waals surface area contributed by atoms with Crippen molar-refractivity contribution in [3.8, 4) is 0 Å². The van der Waals surface area contributed by atoms with Gasteiger partial charge in [-0.3, -0.25) is 14.3 Å². The molecule has 1 saturated heterocycles. The molecule has 0 radical (unpaired) electrons. The first-order valence-corrected chi connectivity index (χ1v) is 11.2. The number of hydrogen-bond acceptors (Lipinski definition) is 3. The van der Waals surface area contributed by atoms with Crippen molar-refractivity contribution in [3.63, 3.8) is 0 Å². The van der Waals surface area contributed by atoms with Crippen LogP contribution in [0.4, 0.5) is 0 Å². The van der Waals surface area contributed by atoms with Crippen LogP contribution >= 0.6 is 0 Å². The first-order valence-electron chi connectivity index (χ1n) is 11.2. The van der Waals surface area contributed by atoms with Crippen LogP contribution in [0.2, 0.25) is 0 Å². The number of amides is 2. The Labute approximate surface area is 178 Å². The summed E-state index contributed by atoms with van der Waals surface area (Å²) in [6.07, 6.45) is 9.60. The first kappa shape index (κ1) is 20.6. The Kier molecular flexibility index (Phi) is 6.50. The Morgan fingerprint density at radius 2 is 1.77 bits per heavy atom. The molecule has 1 saturated carbocycles. The zero-order valence-corrected chi connectivity index (χ0v) is 17.8. The second-order valence-corrected chi connectivity index (χ2v) is 8.81. The van der Waals surface area contributed by atoms with Crippen LogP contribution in [0, 0.1) is 5.92 Å². The number of benzene rings is 1. The monoisotopic (exact) mass is 408 g/mol. The number of hydrogen-bond donors (Lipinski definition) is 1. The molecule has 1 aromatic heterocycles. The lowest BCUT2D eigenvalue weighted by Crippen LogP contribution is -2.40. The van der Waals surface area contributed by atoms with Gasteiger partial charge in [0.15, 0.2) is 0 Å². The lowest BCUT2D eigenvalue weighted by Gasteiger charge is -2.32. The van der Waals surface area contributed by atoms with Gasteiger partial charge in [0, 0.05) is 32.4 Å². The molecule has 1 aliphatic heterocycles. The van der Waals surface area contributed by atoms with Gasteiger partial charge in [-0.2, -0.15) is 5.10 Å². The van der Waals surface area contributed by atoms with Crippen molar-refractivity contribution in [2.75, 3.05) is 13.1 Å². The second kappa shape index (κ2) is 9.45. The highest BCUT2D eigenvalue weighted by molar-refractivity contribution is 5.95. The zero-order chi connectivity index (χ0) is 20.9. The quantitative estimate of drug-likeness (QED) is 0.799. The standard InChI is InChI=1S/C24H32N4O2/c1-27-17-21(24(30)25-20-9-5-6-10-20)22(26-27)15-19-11-13-28(14-12-19)23(29)16-18-7-3-2-4-8-18/h2-4,7-8,17,19-20H,5-6,9-16H2,1H3,(H,25,30). The molecule has 1 aliphatic carbocycles. The van der Waals surface area contributed by atoms with E-state index in [2.05, 4.69) is 10.4 Å². The minimum atomic E-state index is 0.0143. The fraction of sp³-hybridized carbons (Fsp3) is 0.542. The van der Waals surface area contributed by atoms with Gasteiger partial charge in [0.05, 0.1) is 17.7 Å². The van der Waals surface area contributed by atoms with E-state index in [4.69, 9.17) is 0 Å². The van der Waals surface area contributed by atoms with Gasteiger partial charge in [-0.05, 0) is 43.6 Å². The molecule has 0 bridgehead atoms. The third kappa shape index (κ3) is 5.10. The van der Waals surface area contributed by atoms with E-state index in [0.29, 0.717) is 23.9 Å². The van der Waals surface area contributed by atoms with Crippen LogP contribution in [-0.2, 0) is 24.7 Å². The summed E-state index contributed by atoms with van der Waals surface area (Å²) in [5.41, 5.74) is 2.67. The van der Waals surface area contributed by atoms with Crippen LogP contribution in [0.5, 0.6) is 0 Å². The molecule has 6 heteroatoms. The summed E-state index contributed by atoms with van der Waals surface area (Å²) in [5, 5.41) is 7.77. The van der Waals surface area contributed by atoms with E-state index in [9.17, 15) is 9.59 Å². The topological polar surface area (TPSA) is 67.2 Å². The Hall–Kier alpha value is -2.63. The largest absolute Gasteiger partial charge is 0.349 e. The summed E-state index contributed by atoms with van der Waals surface area (Å²) in [4.78, 5) is 27.4. The number of aromatic nitrogens is 2. The van der Waals surface area contributed by atoms with Gasteiger partial charge in [-0.15, -0.1) is 0 Å². The number of nitrogens with zero attached hydrogens (tertiary/aromatic N) is 3. The molecule has 1 N–H and O–H groups in total. The molecule has 30 heavy (non-hydrogen) atoms. The number of carbonyl (C=O) groups is 2. The van der Waals surface area contributed by atoms with E-state index in [1.165, 1.54) is 12.8 Å². The lowest BCUT2D eigenvalue weighted by molar-refractivity contribution is -0.131. The summed E-state index contributed by atoms with van der Waals surface area (Å²) >= 11 is 0. The highest BCUT2D eigenvalue weighted by Crippen LogP contribution is 2.24. The van der Waals surface area contributed by atoms with Crippen LogP contribution in [0.1, 0.15) is 60.1 Å². The molecule has 160 valence electrons. The molecule has 0 atom stereocenters.